The number of likely N-dealkylation sites (tertiary alicyclic amines) is 1. The molecule has 1 aliphatic rings. The lowest BCUT2D eigenvalue weighted by Gasteiger charge is -2.29. The second-order valence-corrected chi connectivity index (χ2v) is 6.20. The average molecular weight is 294 g/mol. The normalized spacial score (nSPS) is 22.9. The third-order valence-corrected chi connectivity index (χ3v) is 4.58. The van der Waals surface area contributed by atoms with Crippen LogP contribution in [0.1, 0.15) is 28.4 Å². The third-order valence-electron chi connectivity index (χ3n) is 3.53. The van der Waals surface area contributed by atoms with Gasteiger partial charge in [0.15, 0.2) is 6.10 Å². The van der Waals surface area contributed by atoms with Gasteiger partial charge in [0.25, 0.3) is 0 Å². The Morgan fingerprint density at radius 1 is 1.47 bits per heavy atom. The van der Waals surface area contributed by atoms with Crippen LogP contribution in [0.25, 0.3) is 0 Å². The SMILES string of the molecule is Cc1nc(CN2CCCC2C(O)C(F)(F)F)sc1C. The Kier molecular flexibility index (Phi) is 4.17. The quantitative estimate of drug-likeness (QED) is 0.931. The lowest BCUT2D eigenvalue weighted by molar-refractivity contribution is -0.219. The van der Waals surface area contributed by atoms with Crippen LogP contribution in [-0.4, -0.2) is 39.9 Å². The molecule has 0 saturated carbocycles. The number of aliphatic hydroxyl groups excluding tert-OH is 1. The Morgan fingerprint density at radius 3 is 2.68 bits per heavy atom. The van der Waals surface area contributed by atoms with E-state index in [4.69, 9.17) is 0 Å². The number of hydrogen-bond donors (Lipinski definition) is 1. The second-order valence-electron chi connectivity index (χ2n) is 4.92. The fraction of sp³-hybridized carbons (Fsp3) is 0.750. The third kappa shape index (κ3) is 3.27. The van der Waals surface area contributed by atoms with Crippen molar-refractivity contribution in [2.75, 3.05) is 6.54 Å². The molecule has 0 aliphatic carbocycles. The highest BCUT2D eigenvalue weighted by molar-refractivity contribution is 7.11. The van der Waals surface area contributed by atoms with Crippen LogP contribution in [0.4, 0.5) is 13.2 Å². The summed E-state index contributed by atoms with van der Waals surface area (Å²) in [5.74, 6) is 0. The average Bonchev–Trinajstić information content (AvgIpc) is 2.85. The molecule has 2 heterocycles. The van der Waals surface area contributed by atoms with Crippen molar-refractivity contribution in [2.24, 2.45) is 0 Å². The smallest absolute Gasteiger partial charge is 0.382 e. The number of aliphatic hydroxyl groups is 1. The number of aryl methyl sites for hydroxylation is 2. The first-order chi connectivity index (χ1) is 8.79. The minimum absolute atomic E-state index is 0.379. The second kappa shape index (κ2) is 5.38. The van der Waals surface area contributed by atoms with Crippen molar-refractivity contribution in [3.8, 4) is 0 Å². The van der Waals surface area contributed by atoms with Gasteiger partial charge in [0.1, 0.15) is 5.01 Å². The molecule has 1 N–H and O–H groups in total. The number of nitrogens with zero attached hydrogens (tertiary/aromatic N) is 2. The minimum atomic E-state index is -4.55. The number of halogens is 3. The largest absolute Gasteiger partial charge is 0.415 e. The van der Waals surface area contributed by atoms with Crippen molar-refractivity contribution in [3.05, 3.63) is 15.6 Å². The van der Waals surface area contributed by atoms with Gasteiger partial charge in [-0.25, -0.2) is 4.98 Å². The van der Waals surface area contributed by atoms with E-state index in [9.17, 15) is 18.3 Å². The molecule has 7 heteroatoms. The van der Waals surface area contributed by atoms with E-state index in [-0.39, 0.29) is 0 Å². The molecule has 0 spiro atoms. The molecule has 2 atom stereocenters. The van der Waals surface area contributed by atoms with E-state index >= 15 is 0 Å². The maximum absolute atomic E-state index is 12.6. The lowest BCUT2D eigenvalue weighted by atomic mass is 10.1. The molecule has 1 saturated heterocycles. The number of alkyl halides is 3. The van der Waals surface area contributed by atoms with Crippen LogP contribution < -0.4 is 0 Å². The first-order valence-electron chi connectivity index (χ1n) is 6.21. The Hall–Kier alpha value is -0.660. The molecule has 3 nitrogen and oxygen atoms in total. The highest BCUT2D eigenvalue weighted by atomic mass is 32.1. The Bertz CT molecular complexity index is 427. The molecule has 1 aromatic rings. The first-order valence-corrected chi connectivity index (χ1v) is 7.02. The Balaban J connectivity index is 2.07. The standard InChI is InChI=1S/C12H17F3N2OS/c1-7-8(2)19-10(16-7)6-17-5-3-4-9(17)11(18)12(13,14)15/h9,11,18H,3-6H2,1-2H3. The van der Waals surface area contributed by atoms with Gasteiger partial charge in [0.05, 0.1) is 12.2 Å². The fourth-order valence-electron chi connectivity index (χ4n) is 2.40. The van der Waals surface area contributed by atoms with Gasteiger partial charge in [-0.05, 0) is 33.2 Å². The zero-order valence-electron chi connectivity index (χ0n) is 10.9. The Morgan fingerprint density at radius 2 is 2.16 bits per heavy atom. The van der Waals surface area contributed by atoms with Crippen LogP contribution in [0.15, 0.2) is 0 Å². The van der Waals surface area contributed by atoms with Gasteiger partial charge in [-0.1, -0.05) is 0 Å². The van der Waals surface area contributed by atoms with Crippen LogP contribution >= 0.6 is 11.3 Å². The summed E-state index contributed by atoms with van der Waals surface area (Å²) in [6.07, 6.45) is -5.76. The van der Waals surface area contributed by atoms with Gasteiger partial charge >= 0.3 is 6.18 Å². The van der Waals surface area contributed by atoms with Gasteiger partial charge in [-0.3, -0.25) is 4.90 Å². The fourth-order valence-corrected chi connectivity index (χ4v) is 3.36. The minimum Gasteiger partial charge on any atom is -0.382 e. The molecule has 0 radical (unpaired) electrons. The van der Waals surface area contributed by atoms with Gasteiger partial charge in [-0.15, -0.1) is 11.3 Å². The summed E-state index contributed by atoms with van der Waals surface area (Å²) in [6.45, 7) is 4.80. The lowest BCUT2D eigenvalue weighted by Crippen LogP contribution is -2.46. The molecule has 1 fully saturated rings. The van der Waals surface area contributed by atoms with Crippen molar-refractivity contribution in [1.29, 1.82) is 0 Å². The van der Waals surface area contributed by atoms with E-state index in [0.717, 1.165) is 15.6 Å². The Labute approximate surface area is 114 Å². The first kappa shape index (κ1) is 14.7. The summed E-state index contributed by atoms with van der Waals surface area (Å²) in [5, 5.41) is 10.2. The van der Waals surface area contributed by atoms with Crippen molar-refractivity contribution in [2.45, 2.75) is 51.6 Å². The molecule has 1 aromatic heterocycles. The van der Waals surface area contributed by atoms with Crippen LogP contribution in [0, 0.1) is 13.8 Å². The number of aromatic nitrogens is 1. The monoisotopic (exact) mass is 294 g/mol. The van der Waals surface area contributed by atoms with E-state index in [1.165, 1.54) is 11.3 Å². The molecular weight excluding hydrogens is 277 g/mol. The summed E-state index contributed by atoms with van der Waals surface area (Å²) < 4.78 is 37.8. The maximum Gasteiger partial charge on any atom is 0.415 e. The number of thiazole rings is 1. The van der Waals surface area contributed by atoms with Crippen LogP contribution in [0.3, 0.4) is 0 Å². The van der Waals surface area contributed by atoms with Crippen molar-refractivity contribution in [3.63, 3.8) is 0 Å². The summed E-state index contributed by atoms with van der Waals surface area (Å²) >= 11 is 1.51. The summed E-state index contributed by atoms with van der Waals surface area (Å²) in [6, 6.07) is -0.843. The molecule has 0 amide bonds. The van der Waals surface area contributed by atoms with E-state index < -0.39 is 18.3 Å². The molecule has 0 bridgehead atoms. The topological polar surface area (TPSA) is 36.4 Å². The molecule has 108 valence electrons. The molecule has 2 rings (SSSR count). The highest BCUT2D eigenvalue weighted by Gasteiger charge is 2.47. The van der Waals surface area contributed by atoms with Gasteiger partial charge in [0.2, 0.25) is 0 Å². The van der Waals surface area contributed by atoms with E-state index in [1.54, 1.807) is 4.90 Å². The van der Waals surface area contributed by atoms with Gasteiger partial charge < -0.3 is 5.11 Å². The van der Waals surface area contributed by atoms with E-state index in [1.807, 2.05) is 13.8 Å². The van der Waals surface area contributed by atoms with Crippen molar-refractivity contribution >= 4 is 11.3 Å². The van der Waals surface area contributed by atoms with Crippen molar-refractivity contribution < 1.29 is 18.3 Å². The number of hydrogen-bond acceptors (Lipinski definition) is 4. The van der Waals surface area contributed by atoms with Crippen LogP contribution in [0.2, 0.25) is 0 Å². The summed E-state index contributed by atoms with van der Waals surface area (Å²) in [7, 11) is 0. The van der Waals surface area contributed by atoms with Crippen LogP contribution in [-0.2, 0) is 6.54 Å². The molecule has 19 heavy (non-hydrogen) atoms. The van der Waals surface area contributed by atoms with Crippen LogP contribution in [0.5, 0.6) is 0 Å². The predicted octanol–water partition coefficient (Wildman–Crippen LogP) is 2.65. The highest BCUT2D eigenvalue weighted by Crippen LogP contribution is 2.32. The predicted molar refractivity (Wildman–Crippen MR) is 67.1 cm³/mol. The zero-order valence-corrected chi connectivity index (χ0v) is 11.7. The molecular formula is C12H17F3N2OS. The zero-order chi connectivity index (χ0) is 14.2. The van der Waals surface area contributed by atoms with Crippen molar-refractivity contribution in [1.82, 2.24) is 9.88 Å². The van der Waals surface area contributed by atoms with Gasteiger partial charge in [0, 0.05) is 10.9 Å². The molecule has 1 aliphatic heterocycles. The molecule has 2 unspecified atom stereocenters. The van der Waals surface area contributed by atoms with Gasteiger partial charge in [-0.2, -0.15) is 13.2 Å². The van der Waals surface area contributed by atoms with E-state index in [0.29, 0.717) is 25.9 Å². The number of rotatable bonds is 3. The van der Waals surface area contributed by atoms with E-state index in [2.05, 4.69) is 4.98 Å². The molecule has 0 aromatic carbocycles. The summed E-state index contributed by atoms with van der Waals surface area (Å²) in [4.78, 5) is 7.12. The summed E-state index contributed by atoms with van der Waals surface area (Å²) in [5.41, 5.74) is 0.923. The maximum atomic E-state index is 12.6.